The number of sulfonamides is 1. The fourth-order valence-corrected chi connectivity index (χ4v) is 4.65. The average Bonchev–Trinajstić information content (AvgIpc) is 2.60. The second kappa shape index (κ2) is 7.64. The zero-order valence-electron chi connectivity index (χ0n) is 14.0. The van der Waals surface area contributed by atoms with Gasteiger partial charge in [0.1, 0.15) is 0 Å². The second-order valence-corrected chi connectivity index (χ2v) is 9.00. The number of hydrogen-bond acceptors (Lipinski definition) is 3. The van der Waals surface area contributed by atoms with Crippen molar-refractivity contribution in [3.63, 3.8) is 0 Å². The zero-order chi connectivity index (χ0) is 18.0. The van der Waals surface area contributed by atoms with E-state index in [9.17, 15) is 8.42 Å². The van der Waals surface area contributed by atoms with Gasteiger partial charge in [0.05, 0.1) is 4.90 Å². The number of rotatable bonds is 4. The van der Waals surface area contributed by atoms with Crippen LogP contribution in [0.1, 0.15) is 11.1 Å². The summed E-state index contributed by atoms with van der Waals surface area (Å²) in [5, 5.41) is 1.30. The monoisotopic (exact) mass is 398 g/mol. The molecule has 0 atom stereocenters. The maximum Gasteiger partial charge on any atom is 0.243 e. The predicted octanol–water partition coefficient (Wildman–Crippen LogP) is 3.81. The van der Waals surface area contributed by atoms with Gasteiger partial charge in [-0.25, -0.2) is 8.42 Å². The van der Waals surface area contributed by atoms with E-state index in [-0.39, 0.29) is 0 Å². The lowest BCUT2D eigenvalue weighted by molar-refractivity contribution is 0.181. The Morgan fingerprint density at radius 1 is 0.960 bits per heavy atom. The molecule has 0 saturated carbocycles. The largest absolute Gasteiger partial charge is 0.296 e. The minimum Gasteiger partial charge on any atom is -0.296 e. The van der Waals surface area contributed by atoms with Gasteiger partial charge in [0.25, 0.3) is 0 Å². The van der Waals surface area contributed by atoms with Gasteiger partial charge in [0.2, 0.25) is 10.0 Å². The average molecular weight is 399 g/mol. The summed E-state index contributed by atoms with van der Waals surface area (Å²) in [7, 11) is -3.47. The number of nitrogens with zero attached hydrogens (tertiary/aromatic N) is 2. The third kappa shape index (κ3) is 4.36. The Kier molecular flexibility index (Phi) is 5.71. The van der Waals surface area contributed by atoms with Crippen LogP contribution in [0.2, 0.25) is 10.0 Å². The molecule has 0 bridgehead atoms. The quantitative estimate of drug-likeness (QED) is 0.785. The van der Waals surface area contributed by atoms with Crippen molar-refractivity contribution < 1.29 is 8.42 Å². The van der Waals surface area contributed by atoms with Gasteiger partial charge in [0, 0.05) is 42.8 Å². The first-order chi connectivity index (χ1) is 11.9. The van der Waals surface area contributed by atoms with Crippen molar-refractivity contribution in [1.82, 2.24) is 9.21 Å². The molecule has 0 amide bonds. The van der Waals surface area contributed by atoms with Crippen LogP contribution in [-0.2, 0) is 16.6 Å². The van der Waals surface area contributed by atoms with Crippen molar-refractivity contribution in [2.45, 2.75) is 18.4 Å². The van der Waals surface area contributed by atoms with Gasteiger partial charge < -0.3 is 0 Å². The van der Waals surface area contributed by atoms with E-state index in [0.29, 0.717) is 36.1 Å². The molecule has 1 saturated heterocycles. The first kappa shape index (κ1) is 18.7. The van der Waals surface area contributed by atoms with Crippen LogP contribution in [-0.4, -0.2) is 43.8 Å². The minimum atomic E-state index is -3.47. The third-order valence-corrected chi connectivity index (χ3v) is 6.99. The summed E-state index contributed by atoms with van der Waals surface area (Å²) >= 11 is 11.9. The number of piperazine rings is 1. The summed E-state index contributed by atoms with van der Waals surface area (Å²) in [6, 6.07) is 12.6. The van der Waals surface area contributed by atoms with E-state index in [2.05, 4.69) is 4.90 Å². The summed E-state index contributed by atoms with van der Waals surface area (Å²) in [5.41, 5.74) is 1.94. The molecule has 1 fully saturated rings. The molecule has 0 aromatic heterocycles. The van der Waals surface area contributed by atoms with Crippen molar-refractivity contribution in [2.75, 3.05) is 26.2 Å². The first-order valence-electron chi connectivity index (χ1n) is 8.09. The Morgan fingerprint density at radius 2 is 1.60 bits per heavy atom. The van der Waals surface area contributed by atoms with Crippen LogP contribution >= 0.6 is 23.2 Å². The number of hydrogen-bond donors (Lipinski definition) is 0. The van der Waals surface area contributed by atoms with Gasteiger partial charge in [-0.3, -0.25) is 4.90 Å². The molecule has 3 rings (SSSR count). The molecule has 7 heteroatoms. The second-order valence-electron chi connectivity index (χ2n) is 6.22. The fourth-order valence-electron chi connectivity index (χ4n) is 2.90. The molecule has 25 heavy (non-hydrogen) atoms. The lowest BCUT2D eigenvalue weighted by atomic mass is 10.2. The lowest BCUT2D eigenvalue weighted by Gasteiger charge is -2.34. The molecular formula is C18H20Cl2N2O2S. The van der Waals surface area contributed by atoms with E-state index in [1.54, 1.807) is 22.5 Å². The van der Waals surface area contributed by atoms with Crippen LogP contribution in [0.5, 0.6) is 0 Å². The highest BCUT2D eigenvalue weighted by Crippen LogP contribution is 2.23. The summed E-state index contributed by atoms with van der Waals surface area (Å²) in [6.07, 6.45) is 0. The van der Waals surface area contributed by atoms with E-state index < -0.39 is 10.0 Å². The first-order valence-corrected chi connectivity index (χ1v) is 10.3. The molecule has 134 valence electrons. The molecule has 1 aliphatic heterocycles. The molecule has 0 aliphatic carbocycles. The molecular weight excluding hydrogens is 379 g/mol. The van der Waals surface area contributed by atoms with Crippen LogP contribution in [0.15, 0.2) is 47.4 Å². The highest BCUT2D eigenvalue weighted by Gasteiger charge is 2.28. The SMILES string of the molecule is Cc1cc(S(=O)(=O)N2CCN(Cc3ccc(Cl)cc3)CC2)ccc1Cl. The summed E-state index contributed by atoms with van der Waals surface area (Å²) in [5.74, 6) is 0. The van der Waals surface area contributed by atoms with E-state index in [4.69, 9.17) is 23.2 Å². The van der Waals surface area contributed by atoms with Crippen LogP contribution in [0.4, 0.5) is 0 Å². The van der Waals surface area contributed by atoms with Crippen LogP contribution in [0, 0.1) is 6.92 Å². The maximum atomic E-state index is 12.8. The van der Waals surface area contributed by atoms with Crippen molar-refractivity contribution >= 4 is 33.2 Å². The van der Waals surface area contributed by atoms with Gasteiger partial charge in [-0.1, -0.05) is 35.3 Å². The van der Waals surface area contributed by atoms with Gasteiger partial charge in [-0.15, -0.1) is 0 Å². The van der Waals surface area contributed by atoms with Crippen molar-refractivity contribution in [3.05, 3.63) is 63.6 Å². The Hall–Kier alpha value is -1.11. The fraction of sp³-hybridized carbons (Fsp3) is 0.333. The highest BCUT2D eigenvalue weighted by molar-refractivity contribution is 7.89. The van der Waals surface area contributed by atoms with E-state index in [1.165, 1.54) is 5.56 Å². The maximum absolute atomic E-state index is 12.8. The Labute approximate surface area is 159 Å². The molecule has 1 heterocycles. The molecule has 2 aromatic carbocycles. The van der Waals surface area contributed by atoms with Gasteiger partial charge >= 0.3 is 0 Å². The standard InChI is InChI=1S/C18H20Cl2N2O2S/c1-14-12-17(6-7-18(14)20)25(23,24)22-10-8-21(9-11-22)13-15-2-4-16(19)5-3-15/h2-7,12H,8-11,13H2,1H3. The summed E-state index contributed by atoms with van der Waals surface area (Å²) in [4.78, 5) is 2.56. The molecule has 0 N–H and O–H groups in total. The van der Waals surface area contributed by atoms with Crippen LogP contribution < -0.4 is 0 Å². The molecule has 0 radical (unpaired) electrons. The molecule has 4 nitrogen and oxygen atoms in total. The lowest BCUT2D eigenvalue weighted by Crippen LogP contribution is -2.48. The summed E-state index contributed by atoms with van der Waals surface area (Å²) in [6.45, 7) is 4.98. The van der Waals surface area contributed by atoms with Crippen molar-refractivity contribution in [3.8, 4) is 0 Å². The normalized spacial score (nSPS) is 16.9. The van der Waals surface area contributed by atoms with Gasteiger partial charge in [-0.2, -0.15) is 4.31 Å². The molecule has 2 aromatic rings. The van der Waals surface area contributed by atoms with E-state index in [1.807, 2.05) is 31.2 Å². The van der Waals surface area contributed by atoms with Crippen LogP contribution in [0.3, 0.4) is 0 Å². The van der Waals surface area contributed by atoms with Crippen molar-refractivity contribution in [2.24, 2.45) is 0 Å². The summed E-state index contributed by atoms with van der Waals surface area (Å²) < 4.78 is 27.2. The number of halogens is 2. The minimum absolute atomic E-state index is 0.306. The predicted molar refractivity (Wildman–Crippen MR) is 102 cm³/mol. The van der Waals surface area contributed by atoms with E-state index in [0.717, 1.165) is 17.1 Å². The highest BCUT2D eigenvalue weighted by atomic mass is 35.5. The topological polar surface area (TPSA) is 40.6 Å². The zero-order valence-corrected chi connectivity index (χ0v) is 16.3. The molecule has 1 aliphatic rings. The van der Waals surface area contributed by atoms with Gasteiger partial charge in [0.15, 0.2) is 0 Å². The smallest absolute Gasteiger partial charge is 0.243 e. The third-order valence-electron chi connectivity index (χ3n) is 4.42. The van der Waals surface area contributed by atoms with Crippen LogP contribution in [0.25, 0.3) is 0 Å². The van der Waals surface area contributed by atoms with Gasteiger partial charge in [-0.05, 0) is 48.4 Å². The van der Waals surface area contributed by atoms with E-state index >= 15 is 0 Å². The number of benzene rings is 2. The number of aryl methyl sites for hydroxylation is 1. The molecule has 0 spiro atoms. The Morgan fingerprint density at radius 3 is 2.20 bits per heavy atom. The Balaban J connectivity index is 1.64. The van der Waals surface area contributed by atoms with Crippen molar-refractivity contribution in [1.29, 1.82) is 0 Å². The Bertz CT molecular complexity index is 846. The molecule has 0 unspecified atom stereocenters.